The molecule has 1 aromatic carbocycles. The highest BCUT2D eigenvalue weighted by Gasteiger charge is 2.64. The second-order valence-electron chi connectivity index (χ2n) is 12.2. The number of amides is 1. The Balaban J connectivity index is 1.72. The topological polar surface area (TPSA) is 165 Å². The number of hydrogen-bond donors (Lipinski definition) is 5. The van der Waals surface area contributed by atoms with Crippen LogP contribution in [0.15, 0.2) is 23.0 Å². The number of halogens is 3. The van der Waals surface area contributed by atoms with Gasteiger partial charge in [0.05, 0.1) is 17.2 Å². The summed E-state index contributed by atoms with van der Waals surface area (Å²) in [6.07, 6.45) is -3.98. The van der Waals surface area contributed by atoms with E-state index < -0.39 is 93.1 Å². The summed E-state index contributed by atoms with van der Waals surface area (Å²) in [7, 11) is 2.89. The van der Waals surface area contributed by atoms with Crippen molar-refractivity contribution in [1.82, 2.24) is 9.80 Å². The molecule has 1 saturated heterocycles. The fourth-order valence-corrected chi connectivity index (χ4v) is 7.62. The van der Waals surface area contributed by atoms with Crippen molar-refractivity contribution in [2.24, 2.45) is 17.6 Å². The number of alkyl halides is 3. The normalized spacial score (nSPS) is 31.9. The van der Waals surface area contributed by atoms with Gasteiger partial charge in [-0.25, -0.2) is 0 Å². The number of carbonyl (C=O) groups is 3. The van der Waals surface area contributed by atoms with E-state index in [2.05, 4.69) is 0 Å². The number of aliphatic hydroxyl groups excluding tert-OH is 2. The Kier molecular flexibility index (Phi) is 7.02. The Morgan fingerprint density at radius 3 is 2.26 bits per heavy atom. The molecule has 10 nitrogen and oxygen atoms in total. The van der Waals surface area contributed by atoms with Crippen molar-refractivity contribution >= 4 is 23.2 Å². The van der Waals surface area contributed by atoms with Gasteiger partial charge in [-0.05, 0) is 76.7 Å². The minimum atomic E-state index is -4.87. The van der Waals surface area contributed by atoms with Gasteiger partial charge in [-0.3, -0.25) is 24.2 Å². The van der Waals surface area contributed by atoms with Crippen LogP contribution in [0.25, 0.3) is 5.76 Å². The molecule has 1 heterocycles. The number of aromatic hydroxyl groups is 1. The molecule has 42 heavy (non-hydrogen) atoms. The summed E-state index contributed by atoms with van der Waals surface area (Å²) < 4.78 is 44.2. The first kappa shape index (κ1) is 30.1. The van der Waals surface area contributed by atoms with E-state index in [1.54, 1.807) is 0 Å². The van der Waals surface area contributed by atoms with E-state index in [-0.39, 0.29) is 36.2 Å². The molecule has 4 aliphatic rings. The van der Waals surface area contributed by atoms with Gasteiger partial charge >= 0.3 is 6.18 Å². The maximum atomic E-state index is 14.7. The summed E-state index contributed by atoms with van der Waals surface area (Å²) >= 11 is 0. The fourth-order valence-electron chi connectivity index (χ4n) is 7.62. The summed E-state index contributed by atoms with van der Waals surface area (Å²) in [6, 6.07) is -0.343. The standard InChI is InChI=1S/C29H34F3N3O7/c1-11-5-6-12(2)35(11)10-14-9-17(36)19-15(21(14)29(30,31)32)7-13-8-16-22(34(3)4)24(38)20(27(33)41)26(40)28(16,42)25(39)18(13)23(19)37/h9,11-13,16,22,36-37,40,42H,5-8,10H2,1-4H3,(H2,33,41)/t11?,12?,13-,16-,22-,28-/m0/s1. The van der Waals surface area contributed by atoms with E-state index in [1.807, 2.05) is 18.7 Å². The lowest BCUT2D eigenvalue weighted by Crippen LogP contribution is -2.65. The van der Waals surface area contributed by atoms with E-state index in [1.165, 1.54) is 19.0 Å². The predicted molar refractivity (Wildman–Crippen MR) is 143 cm³/mol. The van der Waals surface area contributed by atoms with Gasteiger partial charge < -0.3 is 26.2 Å². The van der Waals surface area contributed by atoms with E-state index in [9.17, 15) is 48.0 Å². The van der Waals surface area contributed by atoms with Gasteiger partial charge in [0, 0.05) is 30.1 Å². The smallest absolute Gasteiger partial charge is 0.417 e. The maximum Gasteiger partial charge on any atom is 0.417 e. The van der Waals surface area contributed by atoms with Gasteiger partial charge in [-0.15, -0.1) is 0 Å². The molecule has 6 N–H and O–H groups in total. The first-order chi connectivity index (χ1) is 19.4. The summed E-state index contributed by atoms with van der Waals surface area (Å²) in [4.78, 5) is 42.4. The highest BCUT2D eigenvalue weighted by Crippen LogP contribution is 2.54. The molecule has 1 amide bonds. The molecule has 228 valence electrons. The highest BCUT2D eigenvalue weighted by molar-refractivity contribution is 6.24. The number of ketones is 2. The second-order valence-corrected chi connectivity index (χ2v) is 12.2. The van der Waals surface area contributed by atoms with Crippen molar-refractivity contribution in [3.8, 4) is 5.75 Å². The zero-order chi connectivity index (χ0) is 31.2. The minimum Gasteiger partial charge on any atom is -0.508 e. The van der Waals surface area contributed by atoms with Crippen LogP contribution in [0.3, 0.4) is 0 Å². The number of benzene rings is 1. The summed E-state index contributed by atoms with van der Waals surface area (Å²) in [5, 5.41) is 44.8. The largest absolute Gasteiger partial charge is 0.508 e. The number of nitrogens with two attached hydrogens (primary N) is 1. The number of phenolic OH excluding ortho intramolecular Hbond substituents is 1. The van der Waals surface area contributed by atoms with Gasteiger partial charge in [0.25, 0.3) is 5.91 Å². The molecule has 3 aliphatic carbocycles. The molecule has 0 spiro atoms. The van der Waals surface area contributed by atoms with Crippen LogP contribution in [0.1, 0.15) is 55.4 Å². The molecule has 1 aromatic rings. The van der Waals surface area contributed by atoms with Gasteiger partial charge in [0.2, 0.25) is 5.78 Å². The van der Waals surface area contributed by atoms with Crippen LogP contribution in [0.2, 0.25) is 0 Å². The predicted octanol–water partition coefficient (Wildman–Crippen LogP) is 2.36. The van der Waals surface area contributed by atoms with Crippen LogP contribution in [0, 0.1) is 11.8 Å². The molecular weight excluding hydrogens is 559 g/mol. The highest BCUT2D eigenvalue weighted by atomic mass is 19.4. The van der Waals surface area contributed by atoms with Crippen molar-refractivity contribution in [2.45, 2.75) is 76.0 Å². The zero-order valence-electron chi connectivity index (χ0n) is 23.6. The summed E-state index contributed by atoms with van der Waals surface area (Å²) in [5.74, 6) is -8.96. The number of carbonyl (C=O) groups excluding carboxylic acids is 3. The minimum absolute atomic E-state index is 0.0191. The number of hydrogen-bond acceptors (Lipinski definition) is 9. The molecular formula is C29H34F3N3O7. The van der Waals surface area contributed by atoms with Crippen LogP contribution < -0.4 is 5.73 Å². The van der Waals surface area contributed by atoms with Crippen molar-refractivity contribution in [2.75, 3.05) is 14.1 Å². The fraction of sp³-hybridized carbons (Fsp3) is 0.552. The number of phenols is 1. The van der Waals surface area contributed by atoms with Crippen LogP contribution in [0.4, 0.5) is 13.2 Å². The Morgan fingerprint density at radius 1 is 1.14 bits per heavy atom. The SMILES string of the molecule is CC1CCC(C)N1Cc1cc(O)c2c(c1C(F)(F)F)C[C@H]1C[C@H]3[C@H](N(C)C)C(=O)C(C(N)=O)=C(O)[C@@]3(O)C(=O)C1=C2O. The Bertz CT molecular complexity index is 1460. The lowest BCUT2D eigenvalue weighted by molar-refractivity contribution is -0.153. The molecule has 2 fully saturated rings. The molecule has 13 heteroatoms. The lowest BCUT2D eigenvalue weighted by Gasteiger charge is -2.50. The molecule has 6 atom stereocenters. The molecule has 2 unspecified atom stereocenters. The number of aliphatic hydroxyl groups is 3. The maximum absolute atomic E-state index is 14.7. The number of Topliss-reactive ketones (excluding diaryl/α,β-unsaturated/α-hetero) is 2. The quantitative estimate of drug-likeness (QED) is 0.330. The Labute approximate surface area is 239 Å². The Morgan fingerprint density at radius 2 is 1.74 bits per heavy atom. The molecule has 0 radical (unpaired) electrons. The first-order valence-corrected chi connectivity index (χ1v) is 13.8. The lowest BCUT2D eigenvalue weighted by atomic mass is 9.57. The van der Waals surface area contributed by atoms with Crippen LogP contribution in [0.5, 0.6) is 5.75 Å². The molecule has 5 rings (SSSR count). The average molecular weight is 594 g/mol. The van der Waals surface area contributed by atoms with E-state index >= 15 is 0 Å². The van der Waals surface area contributed by atoms with Gasteiger partial charge in [0.1, 0.15) is 22.8 Å². The van der Waals surface area contributed by atoms with Crippen LogP contribution in [-0.2, 0) is 33.5 Å². The number of primary amides is 1. The van der Waals surface area contributed by atoms with Crippen molar-refractivity contribution in [3.63, 3.8) is 0 Å². The van der Waals surface area contributed by atoms with Crippen molar-refractivity contribution < 1.29 is 48.0 Å². The molecule has 0 aromatic heterocycles. The van der Waals surface area contributed by atoms with Gasteiger partial charge in [-0.1, -0.05) is 0 Å². The van der Waals surface area contributed by atoms with Crippen molar-refractivity contribution in [1.29, 1.82) is 0 Å². The molecule has 1 saturated carbocycles. The van der Waals surface area contributed by atoms with E-state index in [4.69, 9.17) is 5.73 Å². The monoisotopic (exact) mass is 593 g/mol. The third-order valence-electron chi connectivity index (χ3n) is 9.58. The number of rotatable bonds is 4. The zero-order valence-corrected chi connectivity index (χ0v) is 23.6. The third-order valence-corrected chi connectivity index (χ3v) is 9.58. The summed E-state index contributed by atoms with van der Waals surface area (Å²) in [5.41, 5.74) is -1.17. The molecule has 1 aliphatic heterocycles. The van der Waals surface area contributed by atoms with E-state index in [0.29, 0.717) is 0 Å². The number of likely N-dealkylation sites (N-methyl/N-ethyl adjacent to an activating group) is 1. The third kappa shape index (κ3) is 4.15. The van der Waals surface area contributed by atoms with Crippen LogP contribution in [-0.4, -0.2) is 85.5 Å². The number of likely N-dealkylation sites (tertiary alicyclic amines) is 1. The van der Waals surface area contributed by atoms with Gasteiger partial charge in [0.15, 0.2) is 11.4 Å². The van der Waals surface area contributed by atoms with Crippen molar-refractivity contribution in [3.05, 3.63) is 45.2 Å². The van der Waals surface area contributed by atoms with E-state index in [0.717, 1.165) is 18.9 Å². The number of fused-ring (bicyclic) bond motifs is 3. The summed E-state index contributed by atoms with van der Waals surface area (Å²) in [6.45, 7) is 3.75. The first-order valence-electron chi connectivity index (χ1n) is 13.8. The Hall–Kier alpha value is -3.42. The molecule has 0 bridgehead atoms. The van der Waals surface area contributed by atoms with Crippen LogP contribution >= 0.6 is 0 Å². The van der Waals surface area contributed by atoms with Gasteiger partial charge in [-0.2, -0.15) is 13.2 Å². The number of nitrogens with zero attached hydrogens (tertiary/aromatic N) is 2. The average Bonchev–Trinajstić information content (AvgIpc) is 3.17. The second kappa shape index (κ2) is 9.81.